The van der Waals surface area contributed by atoms with Crippen molar-refractivity contribution in [3.8, 4) is 0 Å². The molecule has 0 spiro atoms. The van der Waals surface area contributed by atoms with E-state index in [0.29, 0.717) is 5.69 Å². The van der Waals surface area contributed by atoms with E-state index >= 15 is 0 Å². The van der Waals surface area contributed by atoms with Gasteiger partial charge in [0, 0.05) is 24.5 Å². The summed E-state index contributed by atoms with van der Waals surface area (Å²) in [5.74, 6) is -0.0891. The minimum absolute atomic E-state index is 0.0891. The van der Waals surface area contributed by atoms with E-state index in [-0.39, 0.29) is 22.8 Å². The summed E-state index contributed by atoms with van der Waals surface area (Å²) in [6.07, 6.45) is 2.73. The van der Waals surface area contributed by atoms with E-state index in [1.54, 1.807) is 6.20 Å². The fourth-order valence-electron chi connectivity index (χ4n) is 2.70. The van der Waals surface area contributed by atoms with Crippen molar-refractivity contribution in [1.82, 2.24) is 10.3 Å². The minimum atomic E-state index is -0.0891. The second-order valence-electron chi connectivity index (χ2n) is 6.71. The zero-order valence-corrected chi connectivity index (χ0v) is 13.1. The van der Waals surface area contributed by atoms with E-state index < -0.39 is 0 Å². The number of hydrogen-bond acceptors (Lipinski definition) is 3. The smallest absolute Gasteiger partial charge is 0.270 e. The van der Waals surface area contributed by atoms with E-state index in [1.165, 1.54) is 0 Å². The van der Waals surface area contributed by atoms with Crippen LogP contribution in [0.1, 0.15) is 51.5 Å². The highest BCUT2D eigenvalue weighted by Crippen LogP contribution is 2.62. The molecule has 110 valence electrons. The molecule has 0 aromatic carbocycles. The van der Waals surface area contributed by atoms with Gasteiger partial charge in [0.25, 0.3) is 5.91 Å². The van der Waals surface area contributed by atoms with Gasteiger partial charge in [-0.3, -0.25) is 9.78 Å². The van der Waals surface area contributed by atoms with Gasteiger partial charge in [0.1, 0.15) is 5.69 Å². The predicted molar refractivity (Wildman–Crippen MR) is 81.8 cm³/mol. The molecule has 20 heavy (non-hydrogen) atoms. The Morgan fingerprint density at radius 1 is 1.30 bits per heavy atom. The van der Waals surface area contributed by atoms with Crippen molar-refractivity contribution < 1.29 is 4.79 Å². The normalized spacial score (nSPS) is 19.4. The average Bonchev–Trinajstić information content (AvgIpc) is 2.79. The molecule has 0 unspecified atom stereocenters. The molecular formula is C16H25N3O. The molecule has 0 aliphatic heterocycles. The first kappa shape index (κ1) is 14.8. The Labute approximate surface area is 121 Å². The zero-order chi connectivity index (χ0) is 15.0. The van der Waals surface area contributed by atoms with Crippen molar-refractivity contribution in [3.05, 3.63) is 24.0 Å². The number of rotatable bonds is 5. The van der Waals surface area contributed by atoms with Gasteiger partial charge in [0.15, 0.2) is 0 Å². The summed E-state index contributed by atoms with van der Waals surface area (Å²) in [7, 11) is 0. The Morgan fingerprint density at radius 3 is 2.50 bits per heavy atom. The van der Waals surface area contributed by atoms with Crippen LogP contribution in [0.25, 0.3) is 0 Å². The molecule has 0 saturated heterocycles. The molecule has 2 N–H and O–H groups in total. The van der Waals surface area contributed by atoms with E-state index in [0.717, 1.165) is 18.7 Å². The van der Waals surface area contributed by atoms with Crippen LogP contribution in [0.5, 0.6) is 0 Å². The van der Waals surface area contributed by atoms with Crippen LogP contribution in [0.3, 0.4) is 0 Å². The number of anilines is 1. The number of amides is 1. The van der Waals surface area contributed by atoms with Gasteiger partial charge >= 0.3 is 0 Å². The topological polar surface area (TPSA) is 54.0 Å². The summed E-state index contributed by atoms with van der Waals surface area (Å²) in [4.78, 5) is 16.5. The van der Waals surface area contributed by atoms with Gasteiger partial charge in [0.2, 0.25) is 0 Å². The van der Waals surface area contributed by atoms with Crippen molar-refractivity contribution >= 4 is 11.6 Å². The third kappa shape index (κ3) is 2.51. The van der Waals surface area contributed by atoms with Gasteiger partial charge in [0.05, 0.1) is 0 Å². The molecule has 2 rings (SSSR count). The van der Waals surface area contributed by atoms with E-state index in [1.807, 2.05) is 12.1 Å². The van der Waals surface area contributed by atoms with Gasteiger partial charge in [-0.2, -0.15) is 0 Å². The molecule has 1 heterocycles. The lowest BCUT2D eigenvalue weighted by atomic mass is 10.0. The van der Waals surface area contributed by atoms with Crippen LogP contribution in [-0.2, 0) is 0 Å². The van der Waals surface area contributed by atoms with Crippen LogP contribution in [-0.4, -0.2) is 23.5 Å². The van der Waals surface area contributed by atoms with Crippen molar-refractivity contribution in [1.29, 1.82) is 0 Å². The van der Waals surface area contributed by atoms with Gasteiger partial charge in [-0.15, -0.1) is 0 Å². The highest BCUT2D eigenvalue weighted by Gasteiger charge is 2.65. The molecule has 1 amide bonds. The number of nitrogens with zero attached hydrogens (tertiary/aromatic N) is 1. The second-order valence-corrected chi connectivity index (χ2v) is 6.71. The quantitative estimate of drug-likeness (QED) is 0.868. The molecule has 0 bridgehead atoms. The van der Waals surface area contributed by atoms with Gasteiger partial charge in [-0.25, -0.2) is 0 Å². The zero-order valence-electron chi connectivity index (χ0n) is 13.1. The van der Waals surface area contributed by atoms with Crippen molar-refractivity contribution in [2.24, 2.45) is 10.8 Å². The number of hydrogen-bond donors (Lipinski definition) is 2. The number of carbonyl (C=O) groups is 1. The number of carbonyl (C=O) groups excluding carboxylic acids is 1. The maximum absolute atomic E-state index is 12.3. The molecule has 0 radical (unpaired) electrons. The van der Waals surface area contributed by atoms with Crippen LogP contribution in [0, 0.1) is 10.8 Å². The first-order valence-electron chi connectivity index (χ1n) is 7.31. The highest BCUT2D eigenvalue weighted by molar-refractivity contribution is 5.93. The lowest BCUT2D eigenvalue weighted by molar-refractivity contribution is 0.0938. The molecule has 1 aliphatic carbocycles. The summed E-state index contributed by atoms with van der Waals surface area (Å²) in [6.45, 7) is 11.7. The van der Waals surface area contributed by atoms with Crippen molar-refractivity contribution in [3.63, 3.8) is 0 Å². The molecule has 4 nitrogen and oxygen atoms in total. The van der Waals surface area contributed by atoms with Crippen molar-refractivity contribution in [2.45, 2.75) is 47.1 Å². The van der Waals surface area contributed by atoms with Crippen molar-refractivity contribution in [2.75, 3.05) is 11.9 Å². The first-order valence-corrected chi connectivity index (χ1v) is 7.31. The molecule has 1 aliphatic rings. The van der Waals surface area contributed by atoms with E-state index in [4.69, 9.17) is 0 Å². The summed E-state index contributed by atoms with van der Waals surface area (Å²) in [5, 5.41) is 6.38. The number of pyridine rings is 1. The van der Waals surface area contributed by atoms with Gasteiger partial charge < -0.3 is 10.6 Å². The van der Waals surface area contributed by atoms with Crippen LogP contribution < -0.4 is 10.6 Å². The SMILES string of the molecule is CCCNc1ccnc(C(=O)NC2C(C)(C)C2(C)C)c1. The van der Waals surface area contributed by atoms with Crippen LogP contribution >= 0.6 is 0 Å². The molecular weight excluding hydrogens is 250 g/mol. The second kappa shape index (κ2) is 5.08. The Morgan fingerprint density at radius 2 is 1.95 bits per heavy atom. The van der Waals surface area contributed by atoms with Gasteiger partial charge in [-0.05, 0) is 29.4 Å². The molecule has 0 atom stereocenters. The summed E-state index contributed by atoms with van der Waals surface area (Å²) in [6, 6.07) is 3.90. The Bertz CT molecular complexity index is 494. The largest absolute Gasteiger partial charge is 0.385 e. The summed E-state index contributed by atoms with van der Waals surface area (Å²) >= 11 is 0. The van der Waals surface area contributed by atoms with Gasteiger partial charge in [-0.1, -0.05) is 34.6 Å². The Kier molecular flexibility index (Phi) is 3.76. The molecule has 1 saturated carbocycles. The Balaban J connectivity index is 2.03. The first-order chi connectivity index (χ1) is 9.30. The van der Waals surface area contributed by atoms with Crippen LogP contribution in [0.4, 0.5) is 5.69 Å². The van der Waals surface area contributed by atoms with E-state index in [2.05, 4.69) is 50.2 Å². The average molecular weight is 275 g/mol. The lowest BCUT2D eigenvalue weighted by Crippen LogP contribution is -2.30. The molecule has 4 heteroatoms. The monoisotopic (exact) mass is 275 g/mol. The predicted octanol–water partition coefficient (Wildman–Crippen LogP) is 3.07. The third-order valence-electron chi connectivity index (χ3n) is 4.87. The fraction of sp³-hybridized carbons (Fsp3) is 0.625. The summed E-state index contributed by atoms with van der Waals surface area (Å²) in [5.41, 5.74) is 1.70. The lowest BCUT2D eigenvalue weighted by Gasteiger charge is -2.08. The van der Waals surface area contributed by atoms with E-state index in [9.17, 15) is 4.79 Å². The minimum Gasteiger partial charge on any atom is -0.385 e. The summed E-state index contributed by atoms with van der Waals surface area (Å²) < 4.78 is 0. The third-order valence-corrected chi connectivity index (χ3v) is 4.87. The highest BCUT2D eigenvalue weighted by atomic mass is 16.2. The maximum Gasteiger partial charge on any atom is 0.270 e. The standard InChI is InChI=1S/C16H25N3O/c1-6-8-17-11-7-9-18-12(10-11)13(20)19-14-15(2,3)16(14,4)5/h7,9-10,14H,6,8H2,1-5H3,(H,17,18)(H,19,20). The molecule has 1 aromatic rings. The number of nitrogens with one attached hydrogen (secondary N) is 2. The molecule has 1 aromatic heterocycles. The van der Waals surface area contributed by atoms with Crippen LogP contribution in [0.15, 0.2) is 18.3 Å². The molecule has 1 fully saturated rings. The number of aromatic nitrogens is 1. The maximum atomic E-state index is 12.3. The van der Waals surface area contributed by atoms with Crippen LogP contribution in [0.2, 0.25) is 0 Å². The Hall–Kier alpha value is -1.58. The fourth-order valence-corrected chi connectivity index (χ4v) is 2.70.